The Labute approximate surface area is 213 Å². The summed E-state index contributed by atoms with van der Waals surface area (Å²) in [5, 5.41) is -0.226. The Bertz CT molecular complexity index is 1350. The Morgan fingerprint density at radius 3 is 1.92 bits per heavy atom. The van der Waals surface area contributed by atoms with Crippen LogP contribution in [0.15, 0.2) is 36.4 Å². The minimum Gasteiger partial charge on any atom is -0.454 e. The van der Waals surface area contributed by atoms with E-state index in [9.17, 15) is 18.7 Å². The lowest BCUT2D eigenvalue weighted by molar-refractivity contribution is 0.312. The standard InChI is InChI=1S/C28H29F4O4P/c1-4-17-5-7-18(8-6-17)20-9-10-21(25(30)24(20)29)22-11-12-23(27(32)26(22)31)36-28-15(2)13-19(14-16(28)3)37(33,34)35/h9-14,17-18H,4-8H2,1-3H3,(H2,33,34,35). The van der Waals surface area contributed by atoms with Crippen molar-refractivity contribution in [2.45, 2.75) is 58.8 Å². The van der Waals surface area contributed by atoms with E-state index in [0.29, 0.717) is 17.0 Å². The van der Waals surface area contributed by atoms with Crippen LogP contribution in [0.2, 0.25) is 0 Å². The molecule has 0 atom stereocenters. The van der Waals surface area contributed by atoms with Crippen LogP contribution in [0.5, 0.6) is 11.5 Å². The maximum Gasteiger partial charge on any atom is 0.356 e. The minimum absolute atomic E-state index is 0.0996. The SMILES string of the molecule is CCC1CCC(c2ccc(-c3ccc(Oc4c(C)cc(P(=O)(O)O)cc4C)c(F)c3F)c(F)c2F)CC1. The quantitative estimate of drug-likeness (QED) is 0.249. The smallest absolute Gasteiger partial charge is 0.356 e. The van der Waals surface area contributed by atoms with Crippen LogP contribution >= 0.6 is 7.60 Å². The molecular formula is C28H29F4O4P. The summed E-state index contributed by atoms with van der Waals surface area (Å²) >= 11 is 0. The lowest BCUT2D eigenvalue weighted by Crippen LogP contribution is -2.14. The molecule has 2 N–H and O–H groups in total. The van der Waals surface area contributed by atoms with Crippen LogP contribution in [0.3, 0.4) is 0 Å². The van der Waals surface area contributed by atoms with E-state index >= 15 is 13.2 Å². The lowest BCUT2D eigenvalue weighted by atomic mass is 9.77. The van der Waals surface area contributed by atoms with E-state index in [1.165, 1.54) is 38.1 Å². The fourth-order valence-electron chi connectivity index (χ4n) is 5.15. The highest BCUT2D eigenvalue weighted by Gasteiger charge is 2.28. The molecule has 198 valence electrons. The van der Waals surface area contributed by atoms with Gasteiger partial charge in [0.15, 0.2) is 23.2 Å². The normalized spacial score (nSPS) is 18.2. The Morgan fingerprint density at radius 2 is 1.38 bits per heavy atom. The average Bonchev–Trinajstić information content (AvgIpc) is 2.85. The molecule has 0 saturated heterocycles. The monoisotopic (exact) mass is 536 g/mol. The third-order valence-corrected chi connectivity index (χ3v) is 8.24. The van der Waals surface area contributed by atoms with Gasteiger partial charge in [-0.3, -0.25) is 4.57 Å². The topological polar surface area (TPSA) is 66.8 Å². The fourth-order valence-corrected chi connectivity index (χ4v) is 5.88. The van der Waals surface area contributed by atoms with Crippen LogP contribution in [0.25, 0.3) is 11.1 Å². The van der Waals surface area contributed by atoms with Crippen LogP contribution in [0, 0.1) is 43.0 Å². The van der Waals surface area contributed by atoms with Crippen molar-refractivity contribution in [3.8, 4) is 22.6 Å². The van der Waals surface area contributed by atoms with Crippen molar-refractivity contribution in [1.82, 2.24) is 0 Å². The van der Waals surface area contributed by atoms with Crippen molar-refractivity contribution >= 4 is 12.9 Å². The first-order chi connectivity index (χ1) is 17.4. The van der Waals surface area contributed by atoms with Gasteiger partial charge in [-0.25, -0.2) is 13.2 Å². The van der Waals surface area contributed by atoms with Gasteiger partial charge in [0, 0.05) is 11.1 Å². The highest BCUT2D eigenvalue weighted by molar-refractivity contribution is 7.60. The summed E-state index contributed by atoms with van der Waals surface area (Å²) in [4.78, 5) is 18.8. The number of rotatable bonds is 6. The largest absolute Gasteiger partial charge is 0.454 e. The number of benzene rings is 3. The molecule has 0 aromatic heterocycles. The molecule has 0 amide bonds. The second-order valence-electron chi connectivity index (χ2n) is 9.75. The van der Waals surface area contributed by atoms with Gasteiger partial charge in [0.2, 0.25) is 5.82 Å². The first kappa shape index (κ1) is 27.4. The van der Waals surface area contributed by atoms with E-state index in [0.717, 1.165) is 44.2 Å². The van der Waals surface area contributed by atoms with Gasteiger partial charge in [-0.15, -0.1) is 0 Å². The summed E-state index contributed by atoms with van der Waals surface area (Å²) in [6.45, 7) is 5.14. The molecule has 1 aliphatic carbocycles. The zero-order chi connectivity index (χ0) is 27.1. The average molecular weight is 537 g/mol. The predicted octanol–water partition coefficient (Wildman–Crippen LogP) is 7.81. The molecule has 0 unspecified atom stereocenters. The minimum atomic E-state index is -4.51. The molecular weight excluding hydrogens is 507 g/mol. The number of aryl methyl sites for hydroxylation is 2. The summed E-state index contributed by atoms with van der Waals surface area (Å²) in [5.74, 6) is -4.95. The van der Waals surface area contributed by atoms with Gasteiger partial charge in [0.25, 0.3) is 0 Å². The van der Waals surface area contributed by atoms with Gasteiger partial charge in [0.1, 0.15) is 5.75 Å². The molecule has 4 rings (SSSR count). The third kappa shape index (κ3) is 5.47. The van der Waals surface area contributed by atoms with Crippen LogP contribution in [-0.2, 0) is 4.57 Å². The predicted molar refractivity (Wildman–Crippen MR) is 134 cm³/mol. The number of hydrogen-bond acceptors (Lipinski definition) is 2. The molecule has 0 spiro atoms. The summed E-state index contributed by atoms with van der Waals surface area (Å²) in [6, 6.07) is 7.39. The zero-order valence-corrected chi connectivity index (χ0v) is 21.7. The highest BCUT2D eigenvalue weighted by atomic mass is 31.2. The maximum absolute atomic E-state index is 15.1. The third-order valence-electron chi connectivity index (χ3n) is 7.31. The molecule has 1 aliphatic rings. The first-order valence-corrected chi connectivity index (χ1v) is 13.8. The molecule has 9 heteroatoms. The van der Waals surface area contributed by atoms with Crippen molar-refractivity contribution < 1.29 is 36.7 Å². The maximum atomic E-state index is 15.1. The van der Waals surface area contributed by atoms with Crippen molar-refractivity contribution in [3.05, 3.63) is 76.4 Å². The van der Waals surface area contributed by atoms with E-state index < -0.39 is 42.2 Å². The molecule has 0 aliphatic heterocycles. The zero-order valence-electron chi connectivity index (χ0n) is 20.8. The number of halogens is 4. The van der Waals surface area contributed by atoms with Gasteiger partial charge in [-0.2, -0.15) is 4.39 Å². The van der Waals surface area contributed by atoms with Gasteiger partial charge in [-0.1, -0.05) is 25.5 Å². The fraction of sp³-hybridized carbons (Fsp3) is 0.357. The summed E-state index contributed by atoms with van der Waals surface area (Å²) in [5.41, 5.74) is 0.0525. The summed E-state index contributed by atoms with van der Waals surface area (Å²) < 4.78 is 77.3. The highest BCUT2D eigenvalue weighted by Crippen LogP contribution is 2.42. The van der Waals surface area contributed by atoms with Gasteiger partial charge in [-0.05, 0) is 92.3 Å². The second-order valence-corrected chi connectivity index (χ2v) is 11.4. The summed E-state index contributed by atoms with van der Waals surface area (Å²) in [6.07, 6.45) is 4.48. The van der Waals surface area contributed by atoms with Crippen LogP contribution in [0.4, 0.5) is 17.6 Å². The van der Waals surface area contributed by atoms with Gasteiger partial charge < -0.3 is 14.5 Å². The van der Waals surface area contributed by atoms with E-state index in [4.69, 9.17) is 4.74 Å². The second kappa shape index (κ2) is 10.6. The molecule has 37 heavy (non-hydrogen) atoms. The number of ether oxygens (including phenoxy) is 1. The van der Waals surface area contributed by atoms with Gasteiger partial charge >= 0.3 is 7.60 Å². The molecule has 0 heterocycles. The van der Waals surface area contributed by atoms with E-state index in [1.807, 2.05) is 0 Å². The Kier molecular flexibility index (Phi) is 7.84. The molecule has 0 bridgehead atoms. The van der Waals surface area contributed by atoms with Gasteiger partial charge in [0.05, 0.1) is 5.30 Å². The Hall–Kier alpha value is -2.67. The van der Waals surface area contributed by atoms with Crippen molar-refractivity contribution in [2.24, 2.45) is 5.92 Å². The van der Waals surface area contributed by atoms with Crippen LogP contribution in [0.1, 0.15) is 61.6 Å². The van der Waals surface area contributed by atoms with Crippen LogP contribution in [-0.4, -0.2) is 9.79 Å². The summed E-state index contributed by atoms with van der Waals surface area (Å²) in [7, 11) is -4.51. The Balaban J connectivity index is 1.64. The van der Waals surface area contributed by atoms with E-state index in [1.54, 1.807) is 0 Å². The van der Waals surface area contributed by atoms with E-state index in [-0.39, 0.29) is 28.1 Å². The van der Waals surface area contributed by atoms with Crippen molar-refractivity contribution in [1.29, 1.82) is 0 Å². The molecule has 1 saturated carbocycles. The van der Waals surface area contributed by atoms with Crippen LogP contribution < -0.4 is 10.0 Å². The van der Waals surface area contributed by atoms with Crippen molar-refractivity contribution in [2.75, 3.05) is 0 Å². The first-order valence-electron chi connectivity index (χ1n) is 12.2. The van der Waals surface area contributed by atoms with E-state index in [2.05, 4.69) is 6.92 Å². The molecule has 3 aromatic rings. The molecule has 0 radical (unpaired) electrons. The Morgan fingerprint density at radius 1 is 0.838 bits per heavy atom. The molecule has 4 nitrogen and oxygen atoms in total. The molecule has 1 fully saturated rings. The molecule has 3 aromatic carbocycles. The lowest BCUT2D eigenvalue weighted by Gasteiger charge is -2.28. The van der Waals surface area contributed by atoms with Crippen molar-refractivity contribution in [3.63, 3.8) is 0 Å². The number of hydrogen-bond donors (Lipinski definition) is 2.